The Hall–Kier alpha value is -1.02. The van der Waals surface area contributed by atoms with E-state index in [2.05, 4.69) is 10.0 Å². The first-order valence-electron chi connectivity index (χ1n) is 3.81. The van der Waals surface area contributed by atoms with Gasteiger partial charge in [-0.05, 0) is 24.8 Å². The molecule has 0 spiro atoms. The molecule has 0 N–H and O–H groups in total. The summed E-state index contributed by atoms with van der Waals surface area (Å²) in [7, 11) is 0. The highest BCUT2D eigenvalue weighted by molar-refractivity contribution is 5.53. The van der Waals surface area contributed by atoms with Crippen LogP contribution in [0.4, 0.5) is 0 Å². The standard InChI is InChI=1S/C7H13N3O/c1-2-7(6-11)4-3-5-9-10-8/h6-7H,2-5H2,1H3/t7-/m1/s1. The lowest BCUT2D eigenvalue weighted by molar-refractivity contribution is -0.111. The van der Waals surface area contributed by atoms with Crippen molar-refractivity contribution in [3.63, 3.8) is 0 Å². The van der Waals surface area contributed by atoms with Gasteiger partial charge in [0, 0.05) is 17.4 Å². The number of nitrogens with zero attached hydrogens (tertiary/aromatic N) is 3. The first-order valence-corrected chi connectivity index (χ1v) is 3.81. The summed E-state index contributed by atoms with van der Waals surface area (Å²) in [6, 6.07) is 0. The molecule has 0 aromatic heterocycles. The van der Waals surface area contributed by atoms with E-state index in [0.717, 1.165) is 25.5 Å². The lowest BCUT2D eigenvalue weighted by Crippen LogP contribution is -2.00. The molecule has 4 nitrogen and oxygen atoms in total. The Balaban J connectivity index is 3.35. The van der Waals surface area contributed by atoms with E-state index in [0.29, 0.717) is 6.54 Å². The normalized spacial score (nSPS) is 11.7. The average Bonchev–Trinajstić information content (AvgIpc) is 2.05. The summed E-state index contributed by atoms with van der Waals surface area (Å²) in [6.45, 7) is 2.48. The van der Waals surface area contributed by atoms with Crippen LogP contribution in [0.15, 0.2) is 5.11 Å². The second-order valence-corrected chi connectivity index (χ2v) is 2.40. The molecule has 0 aliphatic rings. The number of hydrogen-bond acceptors (Lipinski definition) is 2. The summed E-state index contributed by atoms with van der Waals surface area (Å²) in [4.78, 5) is 12.9. The molecule has 4 heteroatoms. The molecule has 0 bridgehead atoms. The van der Waals surface area contributed by atoms with Gasteiger partial charge in [0.15, 0.2) is 0 Å². The van der Waals surface area contributed by atoms with Gasteiger partial charge in [0.05, 0.1) is 0 Å². The molecule has 0 aromatic carbocycles. The Bertz CT molecular complexity index is 152. The van der Waals surface area contributed by atoms with Crippen molar-refractivity contribution in [2.24, 2.45) is 11.0 Å². The third kappa shape index (κ3) is 5.43. The topological polar surface area (TPSA) is 65.8 Å². The molecule has 0 fully saturated rings. The maximum Gasteiger partial charge on any atom is 0.123 e. The number of carbonyl (C=O) groups is 1. The van der Waals surface area contributed by atoms with Crippen molar-refractivity contribution in [1.82, 2.24) is 0 Å². The van der Waals surface area contributed by atoms with Gasteiger partial charge in [-0.25, -0.2) is 0 Å². The van der Waals surface area contributed by atoms with Crippen LogP contribution in [0.3, 0.4) is 0 Å². The van der Waals surface area contributed by atoms with Crippen LogP contribution in [0.25, 0.3) is 10.4 Å². The molecule has 1 atom stereocenters. The molecule has 11 heavy (non-hydrogen) atoms. The molecule has 0 radical (unpaired) electrons. The van der Waals surface area contributed by atoms with Crippen LogP contribution in [0.2, 0.25) is 0 Å². The number of azide groups is 1. The zero-order valence-corrected chi connectivity index (χ0v) is 6.73. The molecular formula is C7H13N3O. The van der Waals surface area contributed by atoms with Crippen LogP contribution >= 0.6 is 0 Å². The first-order chi connectivity index (χ1) is 5.35. The highest BCUT2D eigenvalue weighted by Crippen LogP contribution is 2.07. The highest BCUT2D eigenvalue weighted by atomic mass is 16.1. The summed E-state index contributed by atoms with van der Waals surface area (Å²) in [5.74, 6) is 0.142. The van der Waals surface area contributed by atoms with Gasteiger partial charge in [0.2, 0.25) is 0 Å². The molecule has 0 amide bonds. The van der Waals surface area contributed by atoms with Crippen LogP contribution in [0.1, 0.15) is 26.2 Å². The summed E-state index contributed by atoms with van der Waals surface area (Å²) in [5, 5.41) is 3.38. The van der Waals surface area contributed by atoms with E-state index in [1.165, 1.54) is 0 Å². The summed E-state index contributed by atoms with van der Waals surface area (Å²) >= 11 is 0. The zero-order valence-electron chi connectivity index (χ0n) is 6.73. The average molecular weight is 155 g/mol. The van der Waals surface area contributed by atoms with Gasteiger partial charge >= 0.3 is 0 Å². The second kappa shape index (κ2) is 7.09. The lowest BCUT2D eigenvalue weighted by atomic mass is 10.0. The Morgan fingerprint density at radius 3 is 2.91 bits per heavy atom. The Labute approximate surface area is 66.2 Å². The third-order valence-corrected chi connectivity index (χ3v) is 1.61. The maximum absolute atomic E-state index is 10.3. The fourth-order valence-electron chi connectivity index (χ4n) is 0.837. The van der Waals surface area contributed by atoms with E-state index in [-0.39, 0.29) is 5.92 Å². The van der Waals surface area contributed by atoms with Crippen LogP contribution in [-0.2, 0) is 4.79 Å². The lowest BCUT2D eigenvalue weighted by Gasteiger charge is -2.03. The van der Waals surface area contributed by atoms with Gasteiger partial charge in [0.25, 0.3) is 0 Å². The van der Waals surface area contributed by atoms with Crippen molar-refractivity contribution in [2.45, 2.75) is 26.2 Å². The fraction of sp³-hybridized carbons (Fsp3) is 0.857. The van der Waals surface area contributed by atoms with Gasteiger partial charge in [-0.2, -0.15) is 0 Å². The zero-order chi connectivity index (χ0) is 8.53. The molecule has 0 rings (SSSR count). The number of rotatable bonds is 6. The highest BCUT2D eigenvalue weighted by Gasteiger charge is 2.01. The molecule has 0 unspecified atom stereocenters. The van der Waals surface area contributed by atoms with Crippen molar-refractivity contribution in [1.29, 1.82) is 0 Å². The molecular weight excluding hydrogens is 142 g/mol. The number of carbonyl (C=O) groups excluding carboxylic acids is 1. The van der Waals surface area contributed by atoms with E-state index < -0.39 is 0 Å². The third-order valence-electron chi connectivity index (χ3n) is 1.61. The second-order valence-electron chi connectivity index (χ2n) is 2.40. The number of hydrogen-bond donors (Lipinski definition) is 0. The van der Waals surface area contributed by atoms with Gasteiger partial charge in [-0.15, -0.1) is 0 Å². The maximum atomic E-state index is 10.3. The summed E-state index contributed by atoms with van der Waals surface area (Å²) in [5.41, 5.74) is 7.93. The number of aldehydes is 1. The molecule has 0 saturated heterocycles. The monoisotopic (exact) mass is 155 g/mol. The predicted molar refractivity (Wildman–Crippen MR) is 43.1 cm³/mol. The minimum absolute atomic E-state index is 0.142. The quantitative estimate of drug-likeness (QED) is 0.191. The molecule has 0 aliphatic carbocycles. The van der Waals surface area contributed by atoms with Crippen molar-refractivity contribution in [3.05, 3.63) is 10.4 Å². The minimum Gasteiger partial charge on any atom is -0.303 e. The van der Waals surface area contributed by atoms with Crippen molar-refractivity contribution < 1.29 is 4.79 Å². The Kier molecular flexibility index (Phi) is 6.43. The Morgan fingerprint density at radius 2 is 2.45 bits per heavy atom. The van der Waals surface area contributed by atoms with Crippen molar-refractivity contribution in [3.8, 4) is 0 Å². The minimum atomic E-state index is 0.142. The first kappa shape index (κ1) is 9.98. The van der Waals surface area contributed by atoms with E-state index >= 15 is 0 Å². The molecule has 62 valence electrons. The van der Waals surface area contributed by atoms with E-state index in [4.69, 9.17) is 5.53 Å². The van der Waals surface area contributed by atoms with Crippen LogP contribution in [0.5, 0.6) is 0 Å². The van der Waals surface area contributed by atoms with E-state index in [1.807, 2.05) is 6.92 Å². The van der Waals surface area contributed by atoms with Gasteiger partial charge < -0.3 is 4.79 Å². The van der Waals surface area contributed by atoms with E-state index in [1.54, 1.807) is 0 Å². The van der Waals surface area contributed by atoms with Crippen molar-refractivity contribution >= 4 is 6.29 Å². The van der Waals surface area contributed by atoms with E-state index in [9.17, 15) is 4.79 Å². The predicted octanol–water partition coefficient (Wildman–Crippen LogP) is 2.30. The fourth-order valence-corrected chi connectivity index (χ4v) is 0.837. The van der Waals surface area contributed by atoms with Crippen LogP contribution < -0.4 is 0 Å². The molecule has 0 aliphatic heterocycles. The smallest absolute Gasteiger partial charge is 0.123 e. The van der Waals surface area contributed by atoms with Crippen LogP contribution in [-0.4, -0.2) is 12.8 Å². The van der Waals surface area contributed by atoms with Crippen LogP contribution in [0, 0.1) is 5.92 Å². The SMILES string of the molecule is CC[C@@H](C=O)CCCN=[N+]=[N-]. The summed E-state index contributed by atoms with van der Waals surface area (Å²) < 4.78 is 0. The van der Waals surface area contributed by atoms with Gasteiger partial charge in [-0.3, -0.25) is 0 Å². The molecule has 0 heterocycles. The molecule has 0 saturated carbocycles. The summed E-state index contributed by atoms with van der Waals surface area (Å²) in [6.07, 6.45) is 3.48. The van der Waals surface area contributed by atoms with Gasteiger partial charge in [0.1, 0.15) is 6.29 Å². The van der Waals surface area contributed by atoms with Crippen molar-refractivity contribution in [2.75, 3.05) is 6.54 Å². The molecule has 0 aromatic rings. The van der Waals surface area contributed by atoms with Gasteiger partial charge in [-0.1, -0.05) is 12.0 Å². The largest absolute Gasteiger partial charge is 0.303 e. The Morgan fingerprint density at radius 1 is 1.73 bits per heavy atom.